The van der Waals surface area contributed by atoms with E-state index in [1.54, 1.807) is 0 Å². The van der Waals surface area contributed by atoms with E-state index in [1.807, 2.05) is 18.2 Å². The number of nitrogens with one attached hydrogen (secondary N) is 1. The van der Waals surface area contributed by atoms with E-state index in [9.17, 15) is 4.79 Å². The monoisotopic (exact) mass is 346 g/mol. The molecule has 0 saturated heterocycles. The fourth-order valence-electron chi connectivity index (χ4n) is 4.25. The fraction of sp³-hybridized carbons (Fsp3) is 0.348. The largest absolute Gasteiger partial charge is 0.342 e. The number of carbonyl (C=O) groups excluding carboxylic acids is 1. The molecule has 2 aliphatic heterocycles. The Hall–Kier alpha value is -2.39. The molecule has 1 N–H and O–H groups in total. The van der Waals surface area contributed by atoms with Crippen molar-refractivity contribution in [2.24, 2.45) is 5.92 Å². The van der Waals surface area contributed by atoms with Gasteiger partial charge in [-0.05, 0) is 42.0 Å². The maximum Gasteiger partial charge on any atom is 0.252 e. The Balaban J connectivity index is 1.46. The number of nitrogens with zero attached hydrogens (tertiary/aromatic N) is 1. The summed E-state index contributed by atoms with van der Waals surface area (Å²) in [4.78, 5) is 14.8. The Bertz CT molecular complexity index is 842. The van der Waals surface area contributed by atoms with Crippen molar-refractivity contribution < 1.29 is 4.79 Å². The Labute approximate surface area is 155 Å². The first-order valence-corrected chi connectivity index (χ1v) is 9.47. The molecule has 2 heterocycles. The van der Waals surface area contributed by atoms with Gasteiger partial charge in [0.2, 0.25) is 0 Å². The van der Waals surface area contributed by atoms with Crippen molar-refractivity contribution in [2.75, 3.05) is 19.6 Å². The van der Waals surface area contributed by atoms with Crippen LogP contribution in [0.4, 0.5) is 0 Å². The maximum absolute atomic E-state index is 12.3. The molecular weight excluding hydrogens is 320 g/mol. The zero-order chi connectivity index (χ0) is 18.1. The van der Waals surface area contributed by atoms with Crippen molar-refractivity contribution in [3.63, 3.8) is 0 Å². The standard InChI is InChI=1S/C23H26N2O/c1-17(23(2)21-11-7-6-10-20(21)22(26)24-23)16-25-14-12-19(13-15-25)18-8-4-3-5-9-18/h3-12,17H,13-16H2,1-2H3,(H,24,26). The van der Waals surface area contributed by atoms with Crippen LogP contribution in [0.2, 0.25) is 0 Å². The highest BCUT2D eigenvalue weighted by atomic mass is 16.2. The summed E-state index contributed by atoms with van der Waals surface area (Å²) in [6, 6.07) is 18.6. The van der Waals surface area contributed by atoms with Gasteiger partial charge in [-0.25, -0.2) is 0 Å². The fourth-order valence-corrected chi connectivity index (χ4v) is 4.25. The Morgan fingerprint density at radius 1 is 1.12 bits per heavy atom. The van der Waals surface area contributed by atoms with Crippen LogP contribution in [0.15, 0.2) is 60.7 Å². The van der Waals surface area contributed by atoms with Crippen LogP contribution in [0.5, 0.6) is 0 Å². The zero-order valence-corrected chi connectivity index (χ0v) is 15.5. The molecule has 0 fully saturated rings. The van der Waals surface area contributed by atoms with Gasteiger partial charge in [-0.1, -0.05) is 61.5 Å². The molecule has 3 nitrogen and oxygen atoms in total. The highest BCUT2D eigenvalue weighted by Crippen LogP contribution is 2.37. The quantitative estimate of drug-likeness (QED) is 0.905. The molecule has 0 spiro atoms. The number of carbonyl (C=O) groups is 1. The SMILES string of the molecule is CC(CN1CC=C(c2ccccc2)CC1)C1(C)NC(=O)c2ccccc21. The van der Waals surface area contributed by atoms with E-state index >= 15 is 0 Å². The molecule has 2 aliphatic rings. The molecule has 2 atom stereocenters. The molecule has 0 bridgehead atoms. The molecule has 2 aromatic rings. The summed E-state index contributed by atoms with van der Waals surface area (Å²) in [5.74, 6) is 0.390. The first kappa shape index (κ1) is 17.0. The van der Waals surface area contributed by atoms with Gasteiger partial charge >= 0.3 is 0 Å². The number of rotatable bonds is 4. The number of fused-ring (bicyclic) bond motifs is 1. The molecule has 26 heavy (non-hydrogen) atoms. The molecule has 2 aromatic carbocycles. The lowest BCUT2D eigenvalue weighted by Crippen LogP contribution is -2.47. The van der Waals surface area contributed by atoms with Gasteiger partial charge in [0.05, 0.1) is 5.54 Å². The van der Waals surface area contributed by atoms with Gasteiger partial charge < -0.3 is 5.32 Å². The van der Waals surface area contributed by atoms with E-state index in [1.165, 1.54) is 11.1 Å². The van der Waals surface area contributed by atoms with Crippen molar-refractivity contribution in [3.8, 4) is 0 Å². The summed E-state index contributed by atoms with van der Waals surface area (Å²) in [6.07, 6.45) is 3.44. The van der Waals surface area contributed by atoms with Crippen LogP contribution < -0.4 is 5.32 Å². The van der Waals surface area contributed by atoms with Crippen molar-refractivity contribution >= 4 is 11.5 Å². The minimum atomic E-state index is -0.295. The van der Waals surface area contributed by atoms with Crippen molar-refractivity contribution in [1.29, 1.82) is 0 Å². The third-order valence-corrected chi connectivity index (χ3v) is 6.06. The zero-order valence-electron chi connectivity index (χ0n) is 15.5. The smallest absolute Gasteiger partial charge is 0.252 e. The van der Waals surface area contributed by atoms with Gasteiger partial charge in [0.1, 0.15) is 0 Å². The van der Waals surface area contributed by atoms with Crippen LogP contribution in [-0.2, 0) is 5.54 Å². The molecule has 0 saturated carbocycles. The van der Waals surface area contributed by atoms with Gasteiger partial charge in [-0.2, -0.15) is 0 Å². The van der Waals surface area contributed by atoms with Gasteiger partial charge in [-0.15, -0.1) is 0 Å². The summed E-state index contributed by atoms with van der Waals surface area (Å²) < 4.78 is 0. The molecule has 1 amide bonds. The second-order valence-corrected chi connectivity index (χ2v) is 7.71. The summed E-state index contributed by atoms with van der Waals surface area (Å²) in [5.41, 5.74) is 4.45. The molecule has 0 radical (unpaired) electrons. The second kappa shape index (κ2) is 6.73. The van der Waals surface area contributed by atoms with Gasteiger partial charge in [0.15, 0.2) is 0 Å². The average molecular weight is 346 g/mol. The van der Waals surface area contributed by atoms with E-state index in [2.05, 4.69) is 66.5 Å². The van der Waals surface area contributed by atoms with Crippen LogP contribution in [0.3, 0.4) is 0 Å². The van der Waals surface area contributed by atoms with Crippen LogP contribution in [-0.4, -0.2) is 30.4 Å². The molecule has 134 valence electrons. The topological polar surface area (TPSA) is 32.3 Å². The van der Waals surface area contributed by atoms with Crippen LogP contribution in [0, 0.1) is 5.92 Å². The van der Waals surface area contributed by atoms with E-state index < -0.39 is 0 Å². The van der Waals surface area contributed by atoms with Gasteiger partial charge in [0.25, 0.3) is 5.91 Å². The minimum Gasteiger partial charge on any atom is -0.342 e. The predicted molar refractivity (Wildman–Crippen MR) is 106 cm³/mol. The Kier molecular flexibility index (Phi) is 4.41. The normalized spacial score (nSPS) is 23.9. The van der Waals surface area contributed by atoms with E-state index in [0.29, 0.717) is 5.92 Å². The number of hydrogen-bond acceptors (Lipinski definition) is 2. The lowest BCUT2D eigenvalue weighted by atomic mass is 9.81. The summed E-state index contributed by atoms with van der Waals surface area (Å²) in [5, 5.41) is 3.24. The van der Waals surface area contributed by atoms with Gasteiger partial charge in [-0.3, -0.25) is 9.69 Å². The van der Waals surface area contributed by atoms with E-state index in [-0.39, 0.29) is 11.4 Å². The van der Waals surface area contributed by atoms with Gasteiger partial charge in [0, 0.05) is 25.2 Å². The molecule has 2 unspecified atom stereocenters. The highest BCUT2D eigenvalue weighted by Gasteiger charge is 2.43. The third-order valence-electron chi connectivity index (χ3n) is 6.06. The van der Waals surface area contributed by atoms with Crippen LogP contribution >= 0.6 is 0 Å². The molecular formula is C23H26N2O. The number of hydrogen-bond donors (Lipinski definition) is 1. The lowest BCUT2D eigenvalue weighted by molar-refractivity contribution is 0.0894. The first-order chi connectivity index (χ1) is 12.6. The lowest BCUT2D eigenvalue weighted by Gasteiger charge is -2.37. The van der Waals surface area contributed by atoms with E-state index in [0.717, 1.165) is 37.2 Å². The van der Waals surface area contributed by atoms with Crippen molar-refractivity contribution in [1.82, 2.24) is 10.2 Å². The third kappa shape index (κ3) is 2.97. The molecule has 0 aliphatic carbocycles. The molecule has 0 aromatic heterocycles. The number of amides is 1. The first-order valence-electron chi connectivity index (χ1n) is 9.47. The number of benzene rings is 2. The average Bonchev–Trinajstić information content (AvgIpc) is 2.95. The van der Waals surface area contributed by atoms with E-state index in [4.69, 9.17) is 0 Å². The summed E-state index contributed by atoms with van der Waals surface area (Å²) in [7, 11) is 0. The van der Waals surface area contributed by atoms with Crippen molar-refractivity contribution in [3.05, 3.63) is 77.4 Å². The Morgan fingerprint density at radius 3 is 2.58 bits per heavy atom. The summed E-state index contributed by atoms with van der Waals surface area (Å²) in [6.45, 7) is 7.43. The summed E-state index contributed by atoms with van der Waals surface area (Å²) >= 11 is 0. The van der Waals surface area contributed by atoms with Crippen LogP contribution in [0.1, 0.15) is 41.8 Å². The second-order valence-electron chi connectivity index (χ2n) is 7.71. The molecule has 4 rings (SSSR count). The Morgan fingerprint density at radius 2 is 1.85 bits per heavy atom. The molecule has 3 heteroatoms. The van der Waals surface area contributed by atoms with Crippen LogP contribution in [0.25, 0.3) is 5.57 Å². The highest BCUT2D eigenvalue weighted by molar-refractivity contribution is 5.99. The van der Waals surface area contributed by atoms with Crippen molar-refractivity contribution in [2.45, 2.75) is 25.8 Å². The minimum absolute atomic E-state index is 0.0554. The predicted octanol–water partition coefficient (Wildman–Crippen LogP) is 4.07. The maximum atomic E-state index is 12.3.